The van der Waals surface area contributed by atoms with Gasteiger partial charge in [-0.3, -0.25) is 0 Å². The summed E-state index contributed by atoms with van der Waals surface area (Å²) in [5, 5.41) is 0. The Labute approximate surface area is 118 Å². The third kappa shape index (κ3) is 4.19. The van der Waals surface area contributed by atoms with E-state index in [-0.39, 0.29) is 17.6 Å². The van der Waals surface area contributed by atoms with Crippen LogP contribution in [0.1, 0.15) is 6.42 Å². The fraction of sp³-hybridized carbons (Fsp3) is 0.538. The third-order valence-electron chi connectivity index (χ3n) is 3.37. The van der Waals surface area contributed by atoms with Crippen LogP contribution in [0.4, 0.5) is 4.39 Å². The molecule has 106 valence electrons. The van der Waals surface area contributed by atoms with E-state index in [4.69, 9.17) is 0 Å². The molecule has 1 heterocycles. The summed E-state index contributed by atoms with van der Waals surface area (Å²) < 4.78 is 36.2. The van der Waals surface area contributed by atoms with Crippen molar-refractivity contribution >= 4 is 21.6 Å². The average Bonchev–Trinajstić information content (AvgIpc) is 2.72. The lowest BCUT2D eigenvalue weighted by molar-refractivity contribution is 0.278. The SMILES string of the molecule is CN(CCSc1ccccc1F)C1CCS(=O)(=O)C1. The molecule has 1 fully saturated rings. The lowest BCUT2D eigenvalue weighted by Crippen LogP contribution is -2.34. The predicted octanol–water partition coefficient (Wildman–Crippen LogP) is 2.04. The number of halogens is 1. The van der Waals surface area contributed by atoms with Gasteiger partial charge in [-0.2, -0.15) is 0 Å². The topological polar surface area (TPSA) is 37.4 Å². The van der Waals surface area contributed by atoms with Gasteiger partial charge in [0.05, 0.1) is 11.5 Å². The standard InChI is InChI=1S/C13H18FNO2S2/c1-15(11-6-9-19(16,17)10-11)7-8-18-13-5-3-2-4-12(13)14/h2-5,11H,6-10H2,1H3. The number of rotatable bonds is 5. The van der Waals surface area contributed by atoms with Crippen molar-refractivity contribution in [2.75, 3.05) is 30.9 Å². The van der Waals surface area contributed by atoms with E-state index in [1.807, 2.05) is 13.1 Å². The Balaban J connectivity index is 1.79. The van der Waals surface area contributed by atoms with Crippen LogP contribution in [0.2, 0.25) is 0 Å². The maximum atomic E-state index is 13.4. The highest BCUT2D eigenvalue weighted by atomic mass is 32.2. The van der Waals surface area contributed by atoms with E-state index in [0.717, 1.165) is 12.3 Å². The predicted molar refractivity (Wildman–Crippen MR) is 76.8 cm³/mol. The maximum absolute atomic E-state index is 13.4. The van der Waals surface area contributed by atoms with Crippen LogP contribution in [-0.2, 0) is 9.84 Å². The molecule has 1 aromatic rings. The fourth-order valence-corrected chi connectivity index (χ4v) is 4.95. The van der Waals surface area contributed by atoms with Crippen LogP contribution < -0.4 is 0 Å². The minimum atomic E-state index is -2.83. The van der Waals surface area contributed by atoms with Crippen molar-refractivity contribution in [1.82, 2.24) is 4.90 Å². The van der Waals surface area contributed by atoms with Crippen molar-refractivity contribution in [3.05, 3.63) is 30.1 Å². The molecule has 2 rings (SSSR count). The van der Waals surface area contributed by atoms with Gasteiger partial charge in [-0.1, -0.05) is 12.1 Å². The van der Waals surface area contributed by atoms with Crippen molar-refractivity contribution in [3.8, 4) is 0 Å². The van der Waals surface area contributed by atoms with Crippen LogP contribution in [0.15, 0.2) is 29.2 Å². The maximum Gasteiger partial charge on any atom is 0.151 e. The average molecular weight is 303 g/mol. The molecule has 0 spiro atoms. The molecule has 0 aliphatic carbocycles. The van der Waals surface area contributed by atoms with Crippen molar-refractivity contribution in [3.63, 3.8) is 0 Å². The summed E-state index contributed by atoms with van der Waals surface area (Å²) in [7, 11) is -0.895. The highest BCUT2D eigenvalue weighted by Gasteiger charge is 2.30. The minimum absolute atomic E-state index is 0.117. The molecule has 0 bridgehead atoms. The van der Waals surface area contributed by atoms with Crippen molar-refractivity contribution in [2.24, 2.45) is 0 Å². The van der Waals surface area contributed by atoms with Gasteiger partial charge in [0.2, 0.25) is 0 Å². The number of hydrogen-bond acceptors (Lipinski definition) is 4. The van der Waals surface area contributed by atoms with Gasteiger partial charge < -0.3 is 4.90 Å². The molecule has 6 heteroatoms. The second-order valence-corrected chi connectivity index (χ2v) is 8.18. The van der Waals surface area contributed by atoms with Crippen molar-refractivity contribution in [2.45, 2.75) is 17.4 Å². The third-order valence-corrected chi connectivity index (χ3v) is 6.15. The molecular formula is C13H18FNO2S2. The van der Waals surface area contributed by atoms with Crippen LogP contribution in [0.25, 0.3) is 0 Å². The molecule has 3 nitrogen and oxygen atoms in total. The monoisotopic (exact) mass is 303 g/mol. The lowest BCUT2D eigenvalue weighted by atomic mass is 10.2. The van der Waals surface area contributed by atoms with Crippen LogP contribution in [0.3, 0.4) is 0 Å². The van der Waals surface area contributed by atoms with E-state index >= 15 is 0 Å². The molecule has 1 aromatic carbocycles. The van der Waals surface area contributed by atoms with Crippen molar-refractivity contribution in [1.29, 1.82) is 0 Å². The number of benzene rings is 1. The molecule has 0 aromatic heterocycles. The Morgan fingerprint density at radius 3 is 2.79 bits per heavy atom. The number of hydrogen-bond donors (Lipinski definition) is 0. The normalized spacial score (nSPS) is 21.9. The largest absolute Gasteiger partial charge is 0.302 e. The van der Waals surface area contributed by atoms with Crippen LogP contribution in [0, 0.1) is 5.82 Å². The molecule has 19 heavy (non-hydrogen) atoms. The van der Waals surface area contributed by atoms with Crippen LogP contribution in [0.5, 0.6) is 0 Å². The van der Waals surface area contributed by atoms with E-state index in [1.54, 1.807) is 12.1 Å². The van der Waals surface area contributed by atoms with E-state index in [0.29, 0.717) is 17.1 Å². The van der Waals surface area contributed by atoms with Gasteiger partial charge in [0.1, 0.15) is 5.82 Å². The Morgan fingerprint density at radius 1 is 1.42 bits per heavy atom. The second kappa shape index (κ2) is 6.24. The number of thioether (sulfide) groups is 1. The Hall–Kier alpha value is -0.590. The summed E-state index contributed by atoms with van der Waals surface area (Å²) in [6.07, 6.45) is 0.712. The van der Waals surface area contributed by atoms with E-state index in [1.165, 1.54) is 17.8 Å². The first-order valence-corrected chi connectivity index (χ1v) is 9.06. The first-order valence-electron chi connectivity index (χ1n) is 6.26. The Morgan fingerprint density at radius 2 is 2.16 bits per heavy atom. The molecular weight excluding hydrogens is 285 g/mol. The summed E-state index contributed by atoms with van der Waals surface area (Å²) in [5.74, 6) is 1.11. The summed E-state index contributed by atoms with van der Waals surface area (Å²) in [4.78, 5) is 2.72. The van der Waals surface area contributed by atoms with E-state index in [2.05, 4.69) is 4.90 Å². The summed E-state index contributed by atoms with van der Waals surface area (Å²) in [6, 6.07) is 6.83. The summed E-state index contributed by atoms with van der Waals surface area (Å²) in [5.41, 5.74) is 0. The summed E-state index contributed by atoms with van der Waals surface area (Å²) >= 11 is 1.47. The molecule has 0 amide bonds. The molecule has 0 N–H and O–H groups in total. The van der Waals surface area contributed by atoms with E-state index in [9.17, 15) is 12.8 Å². The molecule has 0 saturated carbocycles. The Kier molecular flexibility index (Phi) is 4.86. The molecule has 1 aliphatic rings. The smallest absolute Gasteiger partial charge is 0.151 e. The zero-order chi connectivity index (χ0) is 13.9. The van der Waals surface area contributed by atoms with Gasteiger partial charge in [-0.05, 0) is 25.6 Å². The number of nitrogens with zero attached hydrogens (tertiary/aromatic N) is 1. The molecule has 1 unspecified atom stereocenters. The van der Waals surface area contributed by atoms with Crippen LogP contribution >= 0.6 is 11.8 Å². The van der Waals surface area contributed by atoms with Gasteiger partial charge >= 0.3 is 0 Å². The molecule has 0 radical (unpaired) electrons. The highest BCUT2D eigenvalue weighted by Crippen LogP contribution is 2.22. The summed E-state index contributed by atoms with van der Waals surface area (Å²) in [6.45, 7) is 0.763. The quantitative estimate of drug-likeness (QED) is 0.780. The molecule has 1 aliphatic heterocycles. The second-order valence-electron chi connectivity index (χ2n) is 4.82. The minimum Gasteiger partial charge on any atom is -0.302 e. The molecule has 1 saturated heterocycles. The van der Waals surface area contributed by atoms with Gasteiger partial charge in [-0.25, -0.2) is 12.8 Å². The van der Waals surface area contributed by atoms with Crippen molar-refractivity contribution < 1.29 is 12.8 Å². The zero-order valence-corrected chi connectivity index (χ0v) is 12.5. The first kappa shape index (κ1) is 14.8. The fourth-order valence-electron chi connectivity index (χ4n) is 2.17. The highest BCUT2D eigenvalue weighted by molar-refractivity contribution is 7.99. The first-order chi connectivity index (χ1) is 8.98. The van der Waals surface area contributed by atoms with Gasteiger partial charge in [0.25, 0.3) is 0 Å². The van der Waals surface area contributed by atoms with Gasteiger partial charge in [-0.15, -0.1) is 11.8 Å². The lowest BCUT2D eigenvalue weighted by Gasteiger charge is -2.22. The van der Waals surface area contributed by atoms with Gasteiger partial charge in [0, 0.05) is 23.2 Å². The zero-order valence-electron chi connectivity index (χ0n) is 10.9. The van der Waals surface area contributed by atoms with Gasteiger partial charge in [0.15, 0.2) is 9.84 Å². The van der Waals surface area contributed by atoms with E-state index < -0.39 is 9.84 Å². The number of sulfone groups is 1. The van der Waals surface area contributed by atoms with Crippen LogP contribution in [-0.4, -0.2) is 50.2 Å². The Bertz CT molecular complexity index is 533. The molecule has 1 atom stereocenters.